The highest BCUT2D eigenvalue weighted by Crippen LogP contribution is 2.56. The Morgan fingerprint density at radius 1 is 0.295 bits per heavy atom. The Kier molecular flexibility index (Phi) is 8.33. The van der Waals surface area contributed by atoms with Crippen molar-refractivity contribution in [3.8, 4) is 33.4 Å². The van der Waals surface area contributed by atoms with Gasteiger partial charge in [-0.2, -0.15) is 0 Å². The van der Waals surface area contributed by atoms with Gasteiger partial charge in [0.05, 0.1) is 5.41 Å². The van der Waals surface area contributed by atoms with E-state index >= 15 is 0 Å². The first-order chi connectivity index (χ1) is 30.3. The van der Waals surface area contributed by atoms with E-state index in [-0.39, 0.29) is 0 Å². The van der Waals surface area contributed by atoms with Crippen molar-refractivity contribution in [3.05, 3.63) is 259 Å². The summed E-state index contributed by atoms with van der Waals surface area (Å²) in [6.07, 6.45) is 0. The third kappa shape index (κ3) is 5.60. The van der Waals surface area contributed by atoms with Crippen molar-refractivity contribution in [1.29, 1.82) is 0 Å². The Bertz CT molecular complexity index is 3340. The lowest BCUT2D eigenvalue weighted by Gasteiger charge is -2.34. The predicted octanol–water partition coefficient (Wildman–Crippen LogP) is 16.4. The van der Waals surface area contributed by atoms with Crippen molar-refractivity contribution in [3.63, 3.8) is 0 Å². The second-order valence-electron chi connectivity index (χ2n) is 16.0. The molecule has 11 aromatic rings. The monoisotopic (exact) mass is 793 g/mol. The molecular formula is C59H39NS. The van der Waals surface area contributed by atoms with Crippen LogP contribution in [0, 0.1) is 0 Å². The Labute approximate surface area is 360 Å². The van der Waals surface area contributed by atoms with E-state index in [0.29, 0.717) is 0 Å². The van der Waals surface area contributed by atoms with Gasteiger partial charge in [0, 0.05) is 37.2 Å². The van der Waals surface area contributed by atoms with E-state index in [1.807, 2.05) is 11.3 Å². The second-order valence-corrected chi connectivity index (χ2v) is 17.0. The molecule has 1 heterocycles. The van der Waals surface area contributed by atoms with Crippen LogP contribution in [-0.4, -0.2) is 0 Å². The van der Waals surface area contributed by atoms with Gasteiger partial charge in [0.1, 0.15) is 0 Å². The molecule has 0 unspecified atom stereocenters. The average Bonchev–Trinajstić information content (AvgIpc) is 3.88. The van der Waals surface area contributed by atoms with Crippen LogP contribution in [0.5, 0.6) is 0 Å². The molecule has 0 fully saturated rings. The lowest BCUT2D eigenvalue weighted by atomic mass is 9.68. The first-order valence-electron chi connectivity index (χ1n) is 21.0. The van der Waals surface area contributed by atoms with Gasteiger partial charge in [-0.25, -0.2) is 0 Å². The highest BCUT2D eigenvalue weighted by molar-refractivity contribution is 7.27. The summed E-state index contributed by atoms with van der Waals surface area (Å²) in [4.78, 5) is 2.39. The number of thiophene rings is 1. The Morgan fingerprint density at radius 3 is 1.44 bits per heavy atom. The van der Waals surface area contributed by atoms with Crippen LogP contribution >= 0.6 is 11.3 Å². The third-order valence-electron chi connectivity index (χ3n) is 12.8. The van der Waals surface area contributed by atoms with Crippen LogP contribution in [0.3, 0.4) is 0 Å². The fourth-order valence-corrected chi connectivity index (χ4v) is 11.4. The molecule has 0 aliphatic heterocycles. The zero-order valence-corrected chi connectivity index (χ0v) is 34.2. The number of hydrogen-bond donors (Lipinski definition) is 0. The number of benzene rings is 10. The molecule has 0 saturated carbocycles. The molecular weight excluding hydrogens is 755 g/mol. The van der Waals surface area contributed by atoms with Crippen LogP contribution in [0.25, 0.3) is 64.3 Å². The van der Waals surface area contributed by atoms with E-state index in [9.17, 15) is 0 Å². The minimum absolute atomic E-state index is 0.448. The van der Waals surface area contributed by atoms with Crippen LogP contribution in [0.1, 0.15) is 22.3 Å². The lowest BCUT2D eigenvalue weighted by molar-refractivity contribution is 0.768. The normalized spacial score (nSPS) is 12.7. The van der Waals surface area contributed by atoms with E-state index in [1.54, 1.807) is 0 Å². The van der Waals surface area contributed by atoms with Gasteiger partial charge < -0.3 is 4.90 Å². The van der Waals surface area contributed by atoms with E-state index in [1.165, 1.54) is 86.6 Å². The molecule has 0 spiro atoms. The van der Waals surface area contributed by atoms with Crippen LogP contribution in [0.2, 0.25) is 0 Å². The first kappa shape index (κ1) is 35.4. The summed E-state index contributed by atoms with van der Waals surface area (Å²) in [5.74, 6) is 0. The SMILES string of the molecule is c1ccc(-c2ccc(N(c3ccc(-c4cccc5c4sc4c6ccccc6ccc54)cc3)c3ccc(C4(c5ccccc5)c5ccccc5-c5ccccc54)cc3)cc2)cc1. The van der Waals surface area contributed by atoms with Gasteiger partial charge in [0.2, 0.25) is 0 Å². The van der Waals surface area contributed by atoms with Crippen molar-refractivity contribution in [1.82, 2.24) is 0 Å². The molecule has 10 aromatic carbocycles. The maximum atomic E-state index is 2.39. The summed E-state index contributed by atoms with van der Waals surface area (Å²) in [5.41, 5.74) is 15.5. The smallest absolute Gasteiger partial charge is 0.0713 e. The zero-order chi connectivity index (χ0) is 40.3. The Hall–Kier alpha value is -7.52. The van der Waals surface area contributed by atoms with E-state index in [0.717, 1.165) is 17.1 Å². The van der Waals surface area contributed by atoms with Crippen molar-refractivity contribution in [2.75, 3.05) is 4.90 Å². The van der Waals surface area contributed by atoms with Crippen molar-refractivity contribution < 1.29 is 0 Å². The molecule has 1 aliphatic rings. The number of anilines is 3. The molecule has 0 saturated heterocycles. The van der Waals surface area contributed by atoms with Crippen molar-refractivity contribution >= 4 is 59.3 Å². The Morgan fingerprint density at radius 2 is 0.770 bits per heavy atom. The molecule has 0 radical (unpaired) electrons. The van der Waals surface area contributed by atoms with Gasteiger partial charge in [-0.15, -0.1) is 11.3 Å². The number of fused-ring (bicyclic) bond motifs is 8. The minimum Gasteiger partial charge on any atom is -0.311 e. The summed E-state index contributed by atoms with van der Waals surface area (Å²) in [6, 6.07) is 87.0. The second kappa shape index (κ2) is 14.3. The number of hydrogen-bond acceptors (Lipinski definition) is 2. The molecule has 2 heteroatoms. The quantitative estimate of drug-likeness (QED) is 0.155. The molecule has 0 bridgehead atoms. The topological polar surface area (TPSA) is 3.24 Å². The maximum Gasteiger partial charge on any atom is 0.0713 e. The molecule has 286 valence electrons. The summed E-state index contributed by atoms with van der Waals surface area (Å²) >= 11 is 1.91. The van der Waals surface area contributed by atoms with Gasteiger partial charge in [0.15, 0.2) is 0 Å². The molecule has 1 nitrogen and oxygen atoms in total. The predicted molar refractivity (Wildman–Crippen MR) is 260 cm³/mol. The van der Waals surface area contributed by atoms with Crippen LogP contribution in [0.4, 0.5) is 17.1 Å². The van der Waals surface area contributed by atoms with Gasteiger partial charge in [-0.05, 0) is 103 Å². The molecule has 0 amide bonds. The first-order valence-corrected chi connectivity index (χ1v) is 21.8. The fraction of sp³-hybridized carbons (Fsp3) is 0.0169. The van der Waals surface area contributed by atoms with Crippen molar-refractivity contribution in [2.45, 2.75) is 5.41 Å². The molecule has 0 atom stereocenters. The average molecular weight is 794 g/mol. The molecule has 1 aromatic heterocycles. The summed E-state index contributed by atoms with van der Waals surface area (Å²) in [7, 11) is 0. The lowest BCUT2D eigenvalue weighted by Crippen LogP contribution is -2.28. The highest BCUT2D eigenvalue weighted by Gasteiger charge is 2.45. The number of nitrogens with zero attached hydrogens (tertiary/aromatic N) is 1. The van der Waals surface area contributed by atoms with Gasteiger partial charge in [0.25, 0.3) is 0 Å². The van der Waals surface area contributed by atoms with Crippen molar-refractivity contribution in [2.24, 2.45) is 0 Å². The van der Waals surface area contributed by atoms with Gasteiger partial charge in [-0.3, -0.25) is 0 Å². The van der Waals surface area contributed by atoms with Crippen LogP contribution in [0.15, 0.2) is 237 Å². The van der Waals surface area contributed by atoms with Gasteiger partial charge in [-0.1, -0.05) is 200 Å². The van der Waals surface area contributed by atoms with E-state index < -0.39 is 5.41 Å². The fourth-order valence-electron chi connectivity index (χ4n) is 10.00. The standard InChI is InChI=1S/C59H39NS/c1-3-14-40(15-4-1)41-26-33-46(34-27-41)60(47-35-28-43(29-36-47)50-22-13-23-53-54-39-30-42-16-7-8-19-49(42)58(54)61-57(50)53)48-37-31-45(32-38-48)59(44-17-5-2-6-18-44)55-24-11-9-20-51(55)52-21-10-12-25-56(52)59/h1-39H. The maximum absolute atomic E-state index is 2.39. The summed E-state index contributed by atoms with van der Waals surface area (Å²) < 4.78 is 2.68. The van der Waals surface area contributed by atoms with E-state index in [2.05, 4.69) is 241 Å². The largest absolute Gasteiger partial charge is 0.311 e. The zero-order valence-electron chi connectivity index (χ0n) is 33.4. The minimum atomic E-state index is -0.448. The molecule has 0 N–H and O–H groups in total. The van der Waals surface area contributed by atoms with E-state index in [4.69, 9.17) is 0 Å². The molecule has 12 rings (SSSR count). The third-order valence-corrected chi connectivity index (χ3v) is 14.1. The number of rotatable bonds is 7. The van der Waals surface area contributed by atoms with Crippen LogP contribution in [-0.2, 0) is 5.41 Å². The van der Waals surface area contributed by atoms with Crippen LogP contribution < -0.4 is 4.90 Å². The molecule has 1 aliphatic carbocycles. The molecule has 61 heavy (non-hydrogen) atoms. The summed E-state index contributed by atoms with van der Waals surface area (Å²) in [6.45, 7) is 0. The van der Waals surface area contributed by atoms with Gasteiger partial charge >= 0.3 is 0 Å². The summed E-state index contributed by atoms with van der Waals surface area (Å²) in [5, 5.41) is 5.24. The Balaban J connectivity index is 0.987. The highest BCUT2D eigenvalue weighted by atomic mass is 32.1.